The van der Waals surface area contributed by atoms with Crippen LogP contribution in [0.1, 0.15) is 43.8 Å². The van der Waals surface area contributed by atoms with Crippen LogP contribution in [-0.4, -0.2) is 16.5 Å². The molecule has 1 atom stereocenters. The zero-order valence-corrected chi connectivity index (χ0v) is 13.2. The van der Waals surface area contributed by atoms with E-state index in [9.17, 15) is 0 Å². The van der Waals surface area contributed by atoms with Crippen LogP contribution in [0.5, 0.6) is 0 Å². The SMILES string of the molecule is CCNC1CC(C)(C)Cc2nc(-c3nccs3)sc21. The molecule has 5 heteroatoms. The van der Waals surface area contributed by atoms with Gasteiger partial charge in [0.05, 0.1) is 5.69 Å². The van der Waals surface area contributed by atoms with Crippen LogP contribution in [0.25, 0.3) is 10.0 Å². The Balaban J connectivity index is 2.00. The molecule has 0 saturated heterocycles. The molecule has 3 nitrogen and oxygen atoms in total. The van der Waals surface area contributed by atoms with Gasteiger partial charge in [-0.25, -0.2) is 9.97 Å². The molecule has 0 amide bonds. The van der Waals surface area contributed by atoms with Crippen LogP contribution < -0.4 is 5.32 Å². The summed E-state index contributed by atoms with van der Waals surface area (Å²) in [5.41, 5.74) is 1.60. The van der Waals surface area contributed by atoms with E-state index in [1.165, 1.54) is 17.0 Å². The van der Waals surface area contributed by atoms with Gasteiger partial charge in [0.1, 0.15) is 0 Å². The highest BCUT2D eigenvalue weighted by atomic mass is 32.1. The van der Waals surface area contributed by atoms with Crippen LogP contribution in [0.4, 0.5) is 0 Å². The van der Waals surface area contributed by atoms with Crippen LogP contribution in [0.15, 0.2) is 11.6 Å². The molecule has 0 saturated carbocycles. The Morgan fingerprint density at radius 3 is 2.95 bits per heavy atom. The van der Waals surface area contributed by atoms with Gasteiger partial charge in [0.15, 0.2) is 10.0 Å². The maximum absolute atomic E-state index is 4.85. The third kappa shape index (κ3) is 2.59. The summed E-state index contributed by atoms with van der Waals surface area (Å²) in [7, 11) is 0. The van der Waals surface area contributed by atoms with Gasteiger partial charge in [-0.1, -0.05) is 20.8 Å². The van der Waals surface area contributed by atoms with Gasteiger partial charge in [-0.3, -0.25) is 0 Å². The maximum atomic E-state index is 4.85. The van der Waals surface area contributed by atoms with Crippen molar-refractivity contribution in [1.29, 1.82) is 0 Å². The summed E-state index contributed by atoms with van der Waals surface area (Å²) in [6.07, 6.45) is 4.12. The van der Waals surface area contributed by atoms with Gasteiger partial charge in [-0.2, -0.15) is 0 Å². The Morgan fingerprint density at radius 2 is 2.26 bits per heavy atom. The van der Waals surface area contributed by atoms with Crippen LogP contribution in [-0.2, 0) is 6.42 Å². The van der Waals surface area contributed by atoms with Crippen molar-refractivity contribution in [2.24, 2.45) is 5.41 Å². The zero-order valence-electron chi connectivity index (χ0n) is 11.6. The van der Waals surface area contributed by atoms with E-state index in [1.54, 1.807) is 11.3 Å². The lowest BCUT2D eigenvalue weighted by Gasteiger charge is -2.34. The average molecular weight is 293 g/mol. The van der Waals surface area contributed by atoms with Crippen molar-refractivity contribution in [3.8, 4) is 10.0 Å². The van der Waals surface area contributed by atoms with Crippen LogP contribution >= 0.6 is 22.7 Å². The molecule has 0 bridgehead atoms. The Hall–Kier alpha value is -0.780. The van der Waals surface area contributed by atoms with E-state index in [1.807, 2.05) is 22.9 Å². The minimum absolute atomic E-state index is 0.327. The second-order valence-electron chi connectivity index (χ2n) is 5.82. The molecule has 1 N–H and O–H groups in total. The van der Waals surface area contributed by atoms with Crippen LogP contribution in [0.2, 0.25) is 0 Å². The first-order chi connectivity index (χ1) is 9.09. The first-order valence-corrected chi connectivity index (χ1v) is 8.41. The number of rotatable bonds is 3. The predicted molar refractivity (Wildman–Crippen MR) is 81.7 cm³/mol. The number of fused-ring (bicyclic) bond motifs is 1. The number of hydrogen-bond donors (Lipinski definition) is 1. The van der Waals surface area contributed by atoms with E-state index in [4.69, 9.17) is 4.98 Å². The molecule has 1 unspecified atom stereocenters. The van der Waals surface area contributed by atoms with Gasteiger partial charge in [-0.15, -0.1) is 22.7 Å². The molecule has 0 fully saturated rings. The Labute approximate surface area is 122 Å². The molecule has 2 aromatic rings. The molecule has 1 aliphatic carbocycles. The van der Waals surface area contributed by atoms with Crippen molar-refractivity contribution in [3.63, 3.8) is 0 Å². The molecule has 0 aromatic carbocycles. The fourth-order valence-corrected chi connectivity index (χ4v) is 4.60. The molecule has 102 valence electrons. The molecule has 19 heavy (non-hydrogen) atoms. The second-order valence-corrected chi connectivity index (χ2v) is 7.75. The van der Waals surface area contributed by atoms with Crippen molar-refractivity contribution in [3.05, 3.63) is 22.1 Å². The summed E-state index contributed by atoms with van der Waals surface area (Å²) in [5.74, 6) is 0. The summed E-state index contributed by atoms with van der Waals surface area (Å²) < 4.78 is 0. The summed E-state index contributed by atoms with van der Waals surface area (Å²) in [6, 6.07) is 0.454. The third-order valence-corrected chi connectivity index (χ3v) is 5.64. The first-order valence-electron chi connectivity index (χ1n) is 6.72. The number of nitrogens with one attached hydrogen (secondary N) is 1. The summed E-state index contributed by atoms with van der Waals surface area (Å²) >= 11 is 3.49. The highest BCUT2D eigenvalue weighted by Crippen LogP contribution is 2.44. The van der Waals surface area contributed by atoms with Gasteiger partial charge < -0.3 is 5.32 Å². The molecular weight excluding hydrogens is 274 g/mol. The second kappa shape index (κ2) is 4.96. The van der Waals surface area contributed by atoms with E-state index < -0.39 is 0 Å². The Kier molecular flexibility index (Phi) is 3.45. The highest BCUT2D eigenvalue weighted by molar-refractivity contribution is 7.20. The lowest BCUT2D eigenvalue weighted by Crippen LogP contribution is -2.32. The average Bonchev–Trinajstić information content (AvgIpc) is 2.94. The van der Waals surface area contributed by atoms with E-state index in [0.29, 0.717) is 11.5 Å². The topological polar surface area (TPSA) is 37.8 Å². The van der Waals surface area contributed by atoms with E-state index >= 15 is 0 Å². The number of hydrogen-bond acceptors (Lipinski definition) is 5. The Morgan fingerprint density at radius 1 is 1.42 bits per heavy atom. The molecule has 0 radical (unpaired) electrons. The summed E-state index contributed by atoms with van der Waals surface area (Å²) in [4.78, 5) is 10.7. The maximum Gasteiger partial charge on any atom is 0.152 e. The van der Waals surface area contributed by atoms with Crippen molar-refractivity contribution in [1.82, 2.24) is 15.3 Å². The smallest absolute Gasteiger partial charge is 0.152 e. The molecule has 0 aliphatic heterocycles. The largest absolute Gasteiger partial charge is 0.309 e. The first kappa shape index (κ1) is 13.2. The van der Waals surface area contributed by atoms with E-state index in [2.05, 4.69) is 31.1 Å². The minimum Gasteiger partial charge on any atom is -0.309 e. The predicted octanol–water partition coefficient (Wildman–Crippen LogP) is 3.89. The third-order valence-electron chi connectivity index (χ3n) is 3.51. The number of thiazole rings is 2. The van der Waals surface area contributed by atoms with Crippen LogP contribution in [0.3, 0.4) is 0 Å². The van der Waals surface area contributed by atoms with Crippen molar-refractivity contribution in [2.75, 3.05) is 6.54 Å². The number of aromatic nitrogens is 2. The van der Waals surface area contributed by atoms with Crippen molar-refractivity contribution < 1.29 is 0 Å². The van der Waals surface area contributed by atoms with Gasteiger partial charge in [0, 0.05) is 22.5 Å². The van der Waals surface area contributed by atoms with Crippen molar-refractivity contribution in [2.45, 2.75) is 39.7 Å². The fraction of sp³-hybridized carbons (Fsp3) is 0.571. The van der Waals surface area contributed by atoms with E-state index in [-0.39, 0.29) is 0 Å². The van der Waals surface area contributed by atoms with Gasteiger partial charge in [0.25, 0.3) is 0 Å². The minimum atomic E-state index is 0.327. The molecular formula is C14H19N3S2. The van der Waals surface area contributed by atoms with Gasteiger partial charge in [0.2, 0.25) is 0 Å². The molecule has 1 aliphatic rings. The molecule has 2 aromatic heterocycles. The molecule has 0 spiro atoms. The van der Waals surface area contributed by atoms with Gasteiger partial charge in [-0.05, 0) is 24.8 Å². The number of nitrogens with zero attached hydrogens (tertiary/aromatic N) is 2. The van der Waals surface area contributed by atoms with Crippen molar-refractivity contribution >= 4 is 22.7 Å². The van der Waals surface area contributed by atoms with E-state index in [0.717, 1.165) is 23.0 Å². The Bertz CT molecular complexity index is 557. The fourth-order valence-electron chi connectivity index (χ4n) is 2.76. The summed E-state index contributed by atoms with van der Waals surface area (Å²) in [6.45, 7) is 7.85. The monoisotopic (exact) mass is 293 g/mol. The quantitative estimate of drug-likeness (QED) is 0.933. The lowest BCUT2D eigenvalue weighted by atomic mass is 9.76. The standard InChI is InChI=1S/C14H19N3S2/c1-4-15-9-7-14(2,3)8-10-11(9)19-13(17-10)12-16-5-6-18-12/h5-6,9,15H,4,7-8H2,1-3H3. The molecule has 2 heterocycles. The van der Waals surface area contributed by atoms with Crippen LogP contribution in [0, 0.1) is 5.41 Å². The summed E-state index contributed by atoms with van der Waals surface area (Å²) in [5, 5.41) is 7.76. The normalized spacial score (nSPS) is 21.3. The van der Waals surface area contributed by atoms with Gasteiger partial charge >= 0.3 is 0 Å². The zero-order chi connectivity index (χ0) is 13.5. The molecule has 3 rings (SSSR count). The highest BCUT2D eigenvalue weighted by Gasteiger charge is 2.34. The lowest BCUT2D eigenvalue weighted by molar-refractivity contribution is 0.260.